The van der Waals surface area contributed by atoms with Crippen molar-refractivity contribution in [1.82, 2.24) is 4.98 Å². The van der Waals surface area contributed by atoms with Gasteiger partial charge in [-0.05, 0) is 41.8 Å². The zero-order chi connectivity index (χ0) is 18.3. The van der Waals surface area contributed by atoms with Crippen LogP contribution < -0.4 is 5.73 Å². The van der Waals surface area contributed by atoms with E-state index < -0.39 is 0 Å². The van der Waals surface area contributed by atoms with Crippen LogP contribution in [0, 0.1) is 0 Å². The van der Waals surface area contributed by atoms with Gasteiger partial charge in [-0.1, -0.05) is 60.7 Å². The fourth-order valence-electron chi connectivity index (χ4n) is 3.61. The van der Waals surface area contributed by atoms with Crippen LogP contribution in [0.1, 0.15) is 24.8 Å². The number of rotatable bonds is 4. The van der Waals surface area contributed by atoms with Gasteiger partial charge in [-0.3, -0.25) is 0 Å². The molecule has 0 amide bonds. The molecule has 1 aliphatic rings. The third-order valence-electron chi connectivity index (χ3n) is 5.37. The highest BCUT2D eigenvalue weighted by Gasteiger charge is 2.34. The van der Waals surface area contributed by atoms with Gasteiger partial charge in [0.25, 0.3) is 0 Å². The minimum absolute atomic E-state index is 0.120. The molecular formula is C23H20N2S2. The summed E-state index contributed by atoms with van der Waals surface area (Å²) in [6, 6.07) is 23.5. The van der Waals surface area contributed by atoms with Crippen LogP contribution in [-0.2, 0) is 5.54 Å². The number of nitrogens with two attached hydrogens (primary N) is 1. The molecule has 0 radical (unpaired) electrons. The van der Waals surface area contributed by atoms with Crippen molar-refractivity contribution in [2.75, 3.05) is 0 Å². The minimum atomic E-state index is -0.120. The molecule has 4 heteroatoms. The molecule has 2 nitrogen and oxygen atoms in total. The van der Waals surface area contributed by atoms with Crippen molar-refractivity contribution < 1.29 is 0 Å². The molecule has 0 saturated heterocycles. The zero-order valence-corrected chi connectivity index (χ0v) is 16.5. The summed E-state index contributed by atoms with van der Waals surface area (Å²) in [4.78, 5) is 7.46. The molecule has 2 heterocycles. The highest BCUT2D eigenvalue weighted by molar-refractivity contribution is 7.23. The van der Waals surface area contributed by atoms with Crippen molar-refractivity contribution in [1.29, 1.82) is 0 Å². The van der Waals surface area contributed by atoms with Gasteiger partial charge in [0, 0.05) is 11.1 Å². The van der Waals surface area contributed by atoms with E-state index in [2.05, 4.69) is 72.1 Å². The van der Waals surface area contributed by atoms with Crippen LogP contribution in [0.3, 0.4) is 0 Å². The maximum Gasteiger partial charge on any atom is 0.134 e. The predicted molar refractivity (Wildman–Crippen MR) is 116 cm³/mol. The summed E-state index contributed by atoms with van der Waals surface area (Å²) in [6.07, 6.45) is 3.40. The predicted octanol–water partition coefficient (Wildman–Crippen LogP) is 6.54. The van der Waals surface area contributed by atoms with E-state index in [1.807, 2.05) is 0 Å². The summed E-state index contributed by atoms with van der Waals surface area (Å²) in [7, 11) is 0. The van der Waals surface area contributed by atoms with E-state index in [4.69, 9.17) is 10.7 Å². The quantitative estimate of drug-likeness (QED) is 0.431. The third-order valence-corrected chi connectivity index (χ3v) is 7.52. The number of aromatic nitrogens is 1. The van der Waals surface area contributed by atoms with Crippen LogP contribution in [0.2, 0.25) is 0 Å². The Morgan fingerprint density at radius 3 is 2.26 bits per heavy atom. The van der Waals surface area contributed by atoms with Crippen molar-refractivity contribution in [3.8, 4) is 31.6 Å². The lowest BCUT2D eigenvalue weighted by atomic mass is 9.72. The van der Waals surface area contributed by atoms with Gasteiger partial charge in [0.2, 0.25) is 0 Å². The van der Waals surface area contributed by atoms with Gasteiger partial charge in [-0.2, -0.15) is 0 Å². The van der Waals surface area contributed by atoms with Crippen molar-refractivity contribution >= 4 is 22.7 Å². The fraction of sp³-hybridized carbons (Fsp3) is 0.174. The molecule has 27 heavy (non-hydrogen) atoms. The molecule has 4 aromatic rings. The van der Waals surface area contributed by atoms with Gasteiger partial charge >= 0.3 is 0 Å². The summed E-state index contributed by atoms with van der Waals surface area (Å²) in [5.41, 5.74) is 11.0. The number of benzene rings is 2. The lowest BCUT2D eigenvalue weighted by molar-refractivity contribution is 0.253. The molecule has 0 aliphatic heterocycles. The van der Waals surface area contributed by atoms with Gasteiger partial charge in [-0.25, -0.2) is 4.98 Å². The Kier molecular flexibility index (Phi) is 4.20. The molecule has 0 atom stereocenters. The fourth-order valence-corrected chi connectivity index (χ4v) is 5.50. The first kappa shape index (κ1) is 16.9. The number of hydrogen-bond donors (Lipinski definition) is 1. The number of thiazole rings is 1. The van der Waals surface area contributed by atoms with Crippen LogP contribution in [0.15, 0.2) is 72.1 Å². The summed E-state index contributed by atoms with van der Waals surface area (Å²) in [5, 5.41) is 3.18. The van der Waals surface area contributed by atoms with E-state index in [0.29, 0.717) is 0 Å². The van der Waals surface area contributed by atoms with E-state index in [9.17, 15) is 0 Å². The normalized spacial score (nSPS) is 15.4. The molecule has 5 rings (SSSR count). The molecule has 1 fully saturated rings. The topological polar surface area (TPSA) is 38.9 Å². The second-order valence-electron chi connectivity index (χ2n) is 7.13. The molecule has 1 saturated carbocycles. The Balaban J connectivity index is 1.60. The Hall–Kier alpha value is -2.27. The van der Waals surface area contributed by atoms with Crippen molar-refractivity contribution in [3.05, 3.63) is 77.7 Å². The maximum absolute atomic E-state index is 6.49. The maximum atomic E-state index is 6.49. The van der Waals surface area contributed by atoms with Crippen molar-refractivity contribution in [3.63, 3.8) is 0 Å². The molecule has 134 valence electrons. The molecule has 2 aromatic carbocycles. The zero-order valence-electron chi connectivity index (χ0n) is 14.9. The summed E-state index contributed by atoms with van der Waals surface area (Å²) < 4.78 is 0. The Labute approximate surface area is 167 Å². The lowest BCUT2D eigenvalue weighted by Gasteiger charge is -2.38. The highest BCUT2D eigenvalue weighted by Crippen LogP contribution is 2.43. The summed E-state index contributed by atoms with van der Waals surface area (Å²) in [6.45, 7) is 0. The summed E-state index contributed by atoms with van der Waals surface area (Å²) >= 11 is 3.50. The number of thiophene rings is 1. The lowest BCUT2D eigenvalue weighted by Crippen LogP contribution is -2.43. The number of hydrogen-bond acceptors (Lipinski definition) is 4. The average Bonchev–Trinajstić information content (AvgIpc) is 3.37. The monoisotopic (exact) mass is 388 g/mol. The first-order valence-corrected chi connectivity index (χ1v) is 10.9. The highest BCUT2D eigenvalue weighted by atomic mass is 32.1. The van der Waals surface area contributed by atoms with Gasteiger partial charge in [-0.15, -0.1) is 22.7 Å². The SMILES string of the molecule is NC1(c2ccc(-c3nc(-c4cccs4)sc3-c3ccccc3)cc2)CCC1. The van der Waals surface area contributed by atoms with Gasteiger partial charge in [0.05, 0.1) is 15.4 Å². The van der Waals surface area contributed by atoms with Crippen molar-refractivity contribution in [2.45, 2.75) is 24.8 Å². The largest absolute Gasteiger partial charge is 0.321 e. The van der Waals surface area contributed by atoms with Crippen LogP contribution in [-0.4, -0.2) is 4.98 Å². The third kappa shape index (κ3) is 3.04. The van der Waals surface area contributed by atoms with Gasteiger partial charge in [0.15, 0.2) is 0 Å². The van der Waals surface area contributed by atoms with E-state index in [1.165, 1.54) is 27.3 Å². The molecular weight excluding hydrogens is 368 g/mol. The van der Waals surface area contributed by atoms with Crippen LogP contribution >= 0.6 is 22.7 Å². The van der Waals surface area contributed by atoms with Gasteiger partial charge < -0.3 is 5.73 Å². The van der Waals surface area contributed by atoms with E-state index >= 15 is 0 Å². The number of nitrogens with zero attached hydrogens (tertiary/aromatic N) is 1. The Bertz CT molecular complexity index is 1040. The van der Waals surface area contributed by atoms with Crippen LogP contribution in [0.4, 0.5) is 0 Å². The standard InChI is InChI=1S/C23H20N2S2/c24-23(13-5-14-23)18-11-9-16(10-12-18)20-21(17-6-2-1-3-7-17)27-22(25-20)19-8-4-15-26-19/h1-4,6-12,15H,5,13-14,24H2. The molecule has 2 aromatic heterocycles. The smallest absolute Gasteiger partial charge is 0.134 e. The molecule has 0 unspecified atom stereocenters. The Morgan fingerprint density at radius 2 is 1.63 bits per heavy atom. The first-order chi connectivity index (χ1) is 13.2. The van der Waals surface area contributed by atoms with E-state index in [-0.39, 0.29) is 5.54 Å². The first-order valence-electron chi connectivity index (χ1n) is 9.23. The molecule has 2 N–H and O–H groups in total. The second kappa shape index (κ2) is 6.71. The molecule has 0 spiro atoms. The molecule has 0 bridgehead atoms. The minimum Gasteiger partial charge on any atom is -0.321 e. The van der Waals surface area contributed by atoms with Crippen LogP contribution in [0.5, 0.6) is 0 Å². The van der Waals surface area contributed by atoms with E-state index in [0.717, 1.165) is 29.1 Å². The Morgan fingerprint density at radius 1 is 0.852 bits per heavy atom. The molecule has 1 aliphatic carbocycles. The van der Waals surface area contributed by atoms with Crippen LogP contribution in [0.25, 0.3) is 31.6 Å². The summed E-state index contributed by atoms with van der Waals surface area (Å²) in [5.74, 6) is 0. The second-order valence-corrected chi connectivity index (χ2v) is 9.07. The average molecular weight is 389 g/mol. The van der Waals surface area contributed by atoms with Gasteiger partial charge in [0.1, 0.15) is 5.01 Å². The van der Waals surface area contributed by atoms with E-state index in [1.54, 1.807) is 22.7 Å². The van der Waals surface area contributed by atoms with Crippen molar-refractivity contribution in [2.24, 2.45) is 5.73 Å².